The van der Waals surface area contributed by atoms with Crippen molar-refractivity contribution in [2.24, 2.45) is 0 Å². The normalized spacial score (nSPS) is 26.1. The van der Waals surface area contributed by atoms with Gasteiger partial charge >= 0.3 is 0 Å². The quantitative estimate of drug-likeness (QED) is 0.755. The van der Waals surface area contributed by atoms with Crippen LogP contribution >= 0.6 is 11.6 Å². The summed E-state index contributed by atoms with van der Waals surface area (Å²) < 4.78 is 0. The molecule has 1 amide bonds. The van der Waals surface area contributed by atoms with Gasteiger partial charge in [0.2, 0.25) is 5.91 Å². The number of amides is 1. The van der Waals surface area contributed by atoms with E-state index >= 15 is 0 Å². The second-order valence-corrected chi connectivity index (χ2v) is 4.74. The zero-order valence-electron chi connectivity index (χ0n) is 9.45. The van der Waals surface area contributed by atoms with Crippen molar-refractivity contribution in [3.63, 3.8) is 0 Å². The first kappa shape index (κ1) is 12.8. The Kier molecular flexibility index (Phi) is 4.87. The number of likely N-dealkylation sites (tertiary alicyclic amines) is 1. The number of piperidine rings is 1. The van der Waals surface area contributed by atoms with Crippen LogP contribution < -0.4 is 0 Å². The van der Waals surface area contributed by atoms with Crippen LogP contribution in [-0.2, 0) is 4.79 Å². The van der Waals surface area contributed by atoms with Crippen molar-refractivity contribution < 1.29 is 9.90 Å². The summed E-state index contributed by atoms with van der Waals surface area (Å²) >= 11 is 5.95. The van der Waals surface area contributed by atoms with E-state index in [1.807, 2.05) is 6.92 Å². The van der Waals surface area contributed by atoms with Crippen molar-refractivity contribution in [1.29, 1.82) is 0 Å². The van der Waals surface area contributed by atoms with Crippen LogP contribution in [-0.4, -0.2) is 40.0 Å². The molecule has 0 aliphatic carbocycles. The molecule has 0 spiro atoms. The molecule has 0 radical (unpaired) electrons. The predicted molar refractivity (Wildman–Crippen MR) is 61.0 cm³/mol. The number of halogens is 1. The van der Waals surface area contributed by atoms with Crippen LogP contribution in [0, 0.1) is 0 Å². The smallest absolute Gasteiger partial charge is 0.240 e. The lowest BCUT2D eigenvalue weighted by molar-refractivity contribution is -0.137. The average molecular weight is 234 g/mol. The first-order valence-electron chi connectivity index (χ1n) is 5.70. The van der Waals surface area contributed by atoms with Crippen LogP contribution in [0.25, 0.3) is 0 Å². The minimum absolute atomic E-state index is 0.0234. The van der Waals surface area contributed by atoms with Crippen LogP contribution in [0.4, 0.5) is 0 Å². The lowest BCUT2D eigenvalue weighted by atomic mass is 9.97. The largest absolute Gasteiger partial charge is 0.391 e. The zero-order valence-corrected chi connectivity index (χ0v) is 10.2. The monoisotopic (exact) mass is 233 g/mol. The molecule has 88 valence electrons. The Morgan fingerprint density at radius 1 is 1.60 bits per heavy atom. The van der Waals surface area contributed by atoms with E-state index in [9.17, 15) is 9.90 Å². The van der Waals surface area contributed by atoms with Gasteiger partial charge in [-0.2, -0.15) is 0 Å². The molecule has 4 heteroatoms. The van der Waals surface area contributed by atoms with E-state index in [1.54, 1.807) is 11.8 Å². The number of rotatable bonds is 3. The Balaban J connectivity index is 2.67. The summed E-state index contributed by atoms with van der Waals surface area (Å²) in [5, 5.41) is 9.17. The molecule has 1 saturated heterocycles. The SMILES string of the molecule is CC[C@H](Cl)C(=O)N1CCCC[C@H]1[C@H](C)O. The standard InChI is InChI=1S/C11H20ClNO2/c1-3-9(12)11(15)13-7-5-4-6-10(13)8(2)14/h8-10,14H,3-7H2,1-2H3/t8-,9-,10-/m0/s1. The molecular weight excluding hydrogens is 214 g/mol. The van der Waals surface area contributed by atoms with E-state index in [0.717, 1.165) is 25.8 Å². The van der Waals surface area contributed by atoms with E-state index in [1.165, 1.54) is 0 Å². The van der Waals surface area contributed by atoms with E-state index in [4.69, 9.17) is 11.6 Å². The number of aliphatic hydroxyl groups excluding tert-OH is 1. The van der Waals surface area contributed by atoms with Crippen LogP contribution in [0.5, 0.6) is 0 Å². The van der Waals surface area contributed by atoms with Crippen molar-refractivity contribution in [1.82, 2.24) is 4.90 Å². The van der Waals surface area contributed by atoms with E-state index in [-0.39, 0.29) is 11.9 Å². The number of alkyl halides is 1. The van der Waals surface area contributed by atoms with Gasteiger partial charge in [0.05, 0.1) is 12.1 Å². The second kappa shape index (κ2) is 5.71. The van der Waals surface area contributed by atoms with Crippen molar-refractivity contribution in [3.8, 4) is 0 Å². The molecule has 1 aliphatic heterocycles. The molecule has 0 aromatic heterocycles. The topological polar surface area (TPSA) is 40.5 Å². The molecule has 0 aromatic rings. The lowest BCUT2D eigenvalue weighted by Crippen LogP contribution is -2.51. The third-order valence-electron chi connectivity index (χ3n) is 3.02. The minimum atomic E-state index is -0.463. The van der Waals surface area contributed by atoms with Crippen LogP contribution in [0.15, 0.2) is 0 Å². The molecule has 0 saturated carbocycles. The molecule has 1 fully saturated rings. The Labute approximate surface area is 96.4 Å². The number of carbonyl (C=O) groups is 1. The van der Waals surface area contributed by atoms with E-state index in [2.05, 4.69) is 0 Å². The fourth-order valence-electron chi connectivity index (χ4n) is 2.09. The summed E-state index contributed by atoms with van der Waals surface area (Å²) in [6, 6.07) is -0.0425. The highest BCUT2D eigenvalue weighted by molar-refractivity contribution is 6.30. The van der Waals surface area contributed by atoms with E-state index < -0.39 is 11.5 Å². The molecule has 1 rings (SSSR count). The van der Waals surface area contributed by atoms with Gasteiger partial charge in [-0.15, -0.1) is 11.6 Å². The van der Waals surface area contributed by atoms with Gasteiger partial charge in [-0.1, -0.05) is 6.92 Å². The van der Waals surface area contributed by atoms with Gasteiger partial charge in [-0.05, 0) is 32.6 Å². The molecule has 3 atom stereocenters. The summed E-state index contributed by atoms with van der Waals surface area (Å²) in [6.45, 7) is 4.37. The molecule has 0 bridgehead atoms. The highest BCUT2D eigenvalue weighted by atomic mass is 35.5. The van der Waals surface area contributed by atoms with Gasteiger partial charge < -0.3 is 10.0 Å². The van der Waals surface area contributed by atoms with Gasteiger partial charge in [0, 0.05) is 6.54 Å². The van der Waals surface area contributed by atoms with Gasteiger partial charge in [0.15, 0.2) is 0 Å². The van der Waals surface area contributed by atoms with Crippen molar-refractivity contribution in [2.45, 2.75) is 57.1 Å². The maximum atomic E-state index is 11.9. The number of nitrogens with zero attached hydrogens (tertiary/aromatic N) is 1. The van der Waals surface area contributed by atoms with Crippen molar-refractivity contribution in [3.05, 3.63) is 0 Å². The first-order chi connectivity index (χ1) is 7.07. The summed E-state index contributed by atoms with van der Waals surface area (Å²) in [7, 11) is 0. The number of hydrogen-bond donors (Lipinski definition) is 1. The molecule has 15 heavy (non-hydrogen) atoms. The number of carbonyl (C=O) groups excluding carboxylic acids is 1. The third kappa shape index (κ3) is 3.08. The van der Waals surface area contributed by atoms with Gasteiger partial charge in [0.25, 0.3) is 0 Å². The summed E-state index contributed by atoms with van der Waals surface area (Å²) in [5.41, 5.74) is 0. The number of aliphatic hydroxyl groups is 1. The third-order valence-corrected chi connectivity index (χ3v) is 3.51. The second-order valence-electron chi connectivity index (χ2n) is 4.21. The zero-order chi connectivity index (χ0) is 11.4. The fourth-order valence-corrected chi connectivity index (χ4v) is 2.21. The molecule has 0 unspecified atom stereocenters. The Bertz CT molecular complexity index is 221. The Morgan fingerprint density at radius 3 is 2.80 bits per heavy atom. The molecule has 1 N–H and O–H groups in total. The Hall–Kier alpha value is -0.280. The summed E-state index contributed by atoms with van der Waals surface area (Å²) in [5.74, 6) is -0.0234. The first-order valence-corrected chi connectivity index (χ1v) is 6.14. The molecular formula is C11H20ClNO2. The molecule has 1 heterocycles. The van der Waals surface area contributed by atoms with E-state index in [0.29, 0.717) is 6.42 Å². The maximum absolute atomic E-state index is 11.9. The summed E-state index contributed by atoms with van der Waals surface area (Å²) in [4.78, 5) is 13.7. The van der Waals surface area contributed by atoms with Gasteiger partial charge in [-0.3, -0.25) is 4.79 Å². The summed E-state index contributed by atoms with van der Waals surface area (Å²) in [6.07, 6.45) is 3.16. The number of hydrogen-bond acceptors (Lipinski definition) is 2. The highest BCUT2D eigenvalue weighted by Crippen LogP contribution is 2.22. The van der Waals surface area contributed by atoms with Gasteiger partial charge in [0.1, 0.15) is 5.38 Å². The average Bonchev–Trinajstić information content (AvgIpc) is 2.27. The predicted octanol–water partition coefficient (Wildman–Crippen LogP) is 1.77. The van der Waals surface area contributed by atoms with Crippen LogP contribution in [0.1, 0.15) is 39.5 Å². The van der Waals surface area contributed by atoms with Gasteiger partial charge in [-0.25, -0.2) is 0 Å². The van der Waals surface area contributed by atoms with Crippen molar-refractivity contribution in [2.75, 3.05) is 6.54 Å². The highest BCUT2D eigenvalue weighted by Gasteiger charge is 2.32. The molecule has 3 nitrogen and oxygen atoms in total. The fraction of sp³-hybridized carbons (Fsp3) is 0.909. The maximum Gasteiger partial charge on any atom is 0.240 e. The molecule has 0 aromatic carbocycles. The minimum Gasteiger partial charge on any atom is -0.391 e. The Morgan fingerprint density at radius 2 is 2.27 bits per heavy atom. The van der Waals surface area contributed by atoms with Crippen LogP contribution in [0.2, 0.25) is 0 Å². The van der Waals surface area contributed by atoms with Crippen LogP contribution in [0.3, 0.4) is 0 Å². The van der Waals surface area contributed by atoms with Crippen molar-refractivity contribution >= 4 is 17.5 Å². The molecule has 1 aliphatic rings. The lowest BCUT2D eigenvalue weighted by Gasteiger charge is -2.38.